The van der Waals surface area contributed by atoms with Crippen LogP contribution in [0, 0.1) is 0 Å². The van der Waals surface area contributed by atoms with Gasteiger partial charge in [-0.05, 0) is 37.3 Å². The summed E-state index contributed by atoms with van der Waals surface area (Å²) in [6.45, 7) is 0. The van der Waals surface area contributed by atoms with Gasteiger partial charge in [0, 0.05) is 6.20 Å². The molecular weight excluding hydrogens is 200 g/mol. The minimum absolute atomic E-state index is 0.0734. The first kappa shape index (κ1) is 11.0. The molecule has 0 saturated heterocycles. The number of rotatable bonds is 2. The van der Waals surface area contributed by atoms with E-state index in [1.807, 2.05) is 0 Å². The van der Waals surface area contributed by atoms with Crippen LogP contribution in [0.3, 0.4) is 0 Å². The lowest BCUT2D eigenvalue weighted by atomic mass is 9.96. The van der Waals surface area contributed by atoms with Gasteiger partial charge >= 0.3 is 0 Å². The van der Waals surface area contributed by atoms with Gasteiger partial charge in [0.2, 0.25) is 5.78 Å². The van der Waals surface area contributed by atoms with Crippen molar-refractivity contribution in [3.63, 3.8) is 0 Å². The zero-order valence-corrected chi connectivity index (χ0v) is 9.35. The summed E-state index contributed by atoms with van der Waals surface area (Å²) in [5.74, 6) is 0.0734. The van der Waals surface area contributed by atoms with E-state index in [1.165, 1.54) is 25.6 Å². The van der Waals surface area contributed by atoms with Gasteiger partial charge in [-0.3, -0.25) is 4.79 Å². The molecule has 0 spiro atoms. The summed E-state index contributed by atoms with van der Waals surface area (Å²) in [7, 11) is 0. The third-order valence-corrected chi connectivity index (χ3v) is 2.90. The molecule has 16 heavy (non-hydrogen) atoms. The van der Waals surface area contributed by atoms with Crippen molar-refractivity contribution in [2.24, 2.45) is 0 Å². The van der Waals surface area contributed by atoms with Crippen LogP contribution in [-0.2, 0) is 0 Å². The second kappa shape index (κ2) is 5.54. The number of ketones is 1. The molecule has 0 N–H and O–H groups in total. The van der Waals surface area contributed by atoms with Crippen molar-refractivity contribution in [2.45, 2.75) is 38.5 Å². The number of carbonyl (C=O) groups is 1. The van der Waals surface area contributed by atoms with Gasteiger partial charge in [-0.2, -0.15) is 0 Å². The molecule has 0 unspecified atom stereocenters. The van der Waals surface area contributed by atoms with Crippen molar-refractivity contribution in [3.8, 4) is 0 Å². The van der Waals surface area contributed by atoms with Crippen LogP contribution in [0.25, 0.3) is 0 Å². The van der Waals surface area contributed by atoms with E-state index in [1.54, 1.807) is 12.3 Å². The minimum Gasteiger partial charge on any atom is -0.287 e. The average Bonchev–Trinajstić information content (AvgIpc) is 2.29. The first-order valence-electron chi connectivity index (χ1n) is 5.87. The SMILES string of the molecule is O=C(/C1=C/CCCCCC1)c1ccncn1. The fourth-order valence-corrected chi connectivity index (χ4v) is 1.99. The van der Waals surface area contributed by atoms with E-state index in [2.05, 4.69) is 16.0 Å². The Morgan fingerprint density at radius 3 is 2.88 bits per heavy atom. The van der Waals surface area contributed by atoms with Crippen LogP contribution in [-0.4, -0.2) is 15.8 Å². The van der Waals surface area contributed by atoms with Gasteiger partial charge in [0.25, 0.3) is 0 Å². The Hall–Kier alpha value is -1.51. The van der Waals surface area contributed by atoms with E-state index in [-0.39, 0.29) is 5.78 Å². The maximum atomic E-state index is 12.1. The topological polar surface area (TPSA) is 42.9 Å². The highest BCUT2D eigenvalue weighted by Gasteiger charge is 2.13. The smallest absolute Gasteiger partial charge is 0.207 e. The molecule has 1 aromatic heterocycles. The third-order valence-electron chi connectivity index (χ3n) is 2.90. The number of allylic oxidation sites excluding steroid dienone is 2. The van der Waals surface area contributed by atoms with Gasteiger partial charge in [0.05, 0.1) is 0 Å². The molecule has 0 radical (unpaired) electrons. The summed E-state index contributed by atoms with van der Waals surface area (Å²) in [4.78, 5) is 19.9. The minimum atomic E-state index is 0.0734. The summed E-state index contributed by atoms with van der Waals surface area (Å²) in [6.07, 6.45) is 11.9. The first-order valence-corrected chi connectivity index (χ1v) is 5.87. The fraction of sp³-hybridized carbons (Fsp3) is 0.462. The van der Waals surface area contributed by atoms with Gasteiger partial charge in [-0.1, -0.05) is 18.9 Å². The summed E-state index contributed by atoms with van der Waals surface area (Å²) < 4.78 is 0. The number of nitrogens with zero attached hydrogens (tertiary/aromatic N) is 2. The van der Waals surface area contributed by atoms with Gasteiger partial charge in [0.15, 0.2) is 0 Å². The molecule has 84 valence electrons. The van der Waals surface area contributed by atoms with Crippen molar-refractivity contribution >= 4 is 5.78 Å². The number of aromatic nitrogens is 2. The highest BCUT2D eigenvalue weighted by Crippen LogP contribution is 2.19. The van der Waals surface area contributed by atoms with E-state index in [0.717, 1.165) is 24.8 Å². The molecule has 0 saturated carbocycles. The molecule has 1 aromatic rings. The second-order valence-electron chi connectivity index (χ2n) is 4.11. The van der Waals surface area contributed by atoms with Crippen LogP contribution in [0.1, 0.15) is 49.0 Å². The molecule has 0 amide bonds. The lowest BCUT2D eigenvalue weighted by Gasteiger charge is -2.09. The Labute approximate surface area is 95.6 Å². The van der Waals surface area contributed by atoms with Gasteiger partial charge < -0.3 is 0 Å². The average molecular weight is 216 g/mol. The van der Waals surface area contributed by atoms with E-state index in [4.69, 9.17) is 0 Å². The van der Waals surface area contributed by atoms with Gasteiger partial charge in [-0.25, -0.2) is 9.97 Å². The molecular formula is C13H16N2O. The molecule has 3 nitrogen and oxygen atoms in total. The van der Waals surface area contributed by atoms with Crippen LogP contribution in [0.2, 0.25) is 0 Å². The predicted octanol–water partition coefficient (Wildman–Crippen LogP) is 2.94. The molecule has 1 aliphatic rings. The number of carbonyl (C=O) groups excluding carboxylic acids is 1. The largest absolute Gasteiger partial charge is 0.287 e. The van der Waals surface area contributed by atoms with Crippen molar-refractivity contribution in [1.29, 1.82) is 0 Å². The number of hydrogen-bond acceptors (Lipinski definition) is 3. The van der Waals surface area contributed by atoms with Crippen LogP contribution in [0.5, 0.6) is 0 Å². The molecule has 0 aromatic carbocycles. The van der Waals surface area contributed by atoms with Crippen LogP contribution in [0.15, 0.2) is 30.2 Å². The summed E-state index contributed by atoms with van der Waals surface area (Å²) >= 11 is 0. The first-order chi connectivity index (χ1) is 7.88. The molecule has 1 heterocycles. The molecule has 0 bridgehead atoms. The number of Topliss-reactive ketones (excluding diaryl/α,β-unsaturated/α-hetero) is 1. The fourth-order valence-electron chi connectivity index (χ4n) is 1.99. The molecule has 3 heteroatoms. The lowest BCUT2D eigenvalue weighted by molar-refractivity contribution is 0.102. The standard InChI is InChI=1S/C13H16N2O/c16-13(12-8-9-14-10-15-12)11-6-4-2-1-3-5-7-11/h6,8-10H,1-5,7H2/b11-6+. The van der Waals surface area contributed by atoms with E-state index >= 15 is 0 Å². The molecule has 1 aliphatic carbocycles. The highest BCUT2D eigenvalue weighted by molar-refractivity contribution is 6.07. The zero-order valence-electron chi connectivity index (χ0n) is 9.35. The van der Waals surface area contributed by atoms with Crippen molar-refractivity contribution in [3.05, 3.63) is 35.9 Å². The predicted molar refractivity (Wildman–Crippen MR) is 62.1 cm³/mol. The van der Waals surface area contributed by atoms with Crippen LogP contribution in [0.4, 0.5) is 0 Å². The Balaban J connectivity index is 2.14. The van der Waals surface area contributed by atoms with Crippen molar-refractivity contribution in [1.82, 2.24) is 9.97 Å². The highest BCUT2D eigenvalue weighted by atomic mass is 16.1. The lowest BCUT2D eigenvalue weighted by Crippen LogP contribution is -2.07. The molecule has 2 rings (SSSR count). The Morgan fingerprint density at radius 1 is 1.19 bits per heavy atom. The van der Waals surface area contributed by atoms with Crippen molar-refractivity contribution < 1.29 is 4.79 Å². The molecule has 0 atom stereocenters. The third kappa shape index (κ3) is 2.75. The summed E-state index contributed by atoms with van der Waals surface area (Å²) in [5, 5.41) is 0. The quantitative estimate of drug-likeness (QED) is 0.714. The van der Waals surface area contributed by atoms with Crippen LogP contribution >= 0.6 is 0 Å². The Bertz CT molecular complexity index is 384. The monoisotopic (exact) mass is 216 g/mol. The zero-order chi connectivity index (χ0) is 11.2. The Morgan fingerprint density at radius 2 is 2.06 bits per heavy atom. The van der Waals surface area contributed by atoms with Gasteiger partial charge in [-0.15, -0.1) is 0 Å². The summed E-state index contributed by atoms with van der Waals surface area (Å²) in [6, 6.07) is 1.68. The Kier molecular flexibility index (Phi) is 3.81. The van der Waals surface area contributed by atoms with Crippen LogP contribution < -0.4 is 0 Å². The maximum absolute atomic E-state index is 12.1. The van der Waals surface area contributed by atoms with Gasteiger partial charge in [0.1, 0.15) is 12.0 Å². The molecule has 0 aliphatic heterocycles. The van der Waals surface area contributed by atoms with E-state index in [0.29, 0.717) is 5.69 Å². The second-order valence-corrected chi connectivity index (χ2v) is 4.11. The molecule has 0 fully saturated rings. The van der Waals surface area contributed by atoms with Crippen molar-refractivity contribution in [2.75, 3.05) is 0 Å². The van der Waals surface area contributed by atoms with E-state index in [9.17, 15) is 4.79 Å². The number of hydrogen-bond donors (Lipinski definition) is 0. The van der Waals surface area contributed by atoms with E-state index < -0.39 is 0 Å². The maximum Gasteiger partial charge on any atom is 0.207 e. The normalized spacial score (nSPS) is 20.4. The summed E-state index contributed by atoms with van der Waals surface area (Å²) in [5.41, 5.74) is 1.44.